The van der Waals surface area contributed by atoms with E-state index in [0.29, 0.717) is 22.6 Å². The van der Waals surface area contributed by atoms with Crippen molar-refractivity contribution in [2.75, 3.05) is 25.6 Å². The lowest BCUT2D eigenvalue weighted by Gasteiger charge is -2.10. The molecule has 0 heterocycles. The molecule has 0 spiro atoms. The summed E-state index contributed by atoms with van der Waals surface area (Å²) in [6.45, 7) is 0.590. The number of nitrogens with one attached hydrogen (secondary N) is 2. The number of halogens is 1. The molecule has 0 unspecified atom stereocenters. The fourth-order valence-electron chi connectivity index (χ4n) is 2.81. The van der Waals surface area contributed by atoms with Crippen LogP contribution < -0.4 is 14.8 Å². The molecule has 3 rings (SSSR count). The van der Waals surface area contributed by atoms with Crippen LogP contribution in [0.2, 0.25) is 0 Å². The minimum Gasteiger partial charge on any atom is -0.489 e. The number of methoxy groups -OCH3 is 1. The highest BCUT2D eigenvalue weighted by molar-refractivity contribution is 7.89. The van der Waals surface area contributed by atoms with E-state index >= 15 is 0 Å². The lowest BCUT2D eigenvalue weighted by atomic mass is 10.2. The van der Waals surface area contributed by atoms with Crippen LogP contribution in [0.3, 0.4) is 0 Å². The summed E-state index contributed by atoms with van der Waals surface area (Å²) in [5.41, 5.74) is 1.49. The number of anilines is 1. The van der Waals surface area contributed by atoms with Crippen molar-refractivity contribution in [2.45, 2.75) is 11.5 Å². The summed E-state index contributed by atoms with van der Waals surface area (Å²) in [6, 6.07) is 18.5. The minimum atomic E-state index is -3.67. The third-order valence-electron chi connectivity index (χ3n) is 4.41. The van der Waals surface area contributed by atoms with E-state index < -0.39 is 15.9 Å². The molecular formula is C23H23FN2O5S. The molecule has 0 radical (unpaired) electrons. The smallest absolute Gasteiger partial charge is 0.255 e. The molecule has 0 atom stereocenters. The molecule has 168 valence electrons. The zero-order chi connectivity index (χ0) is 23.0. The topological polar surface area (TPSA) is 93.7 Å². The summed E-state index contributed by atoms with van der Waals surface area (Å²) in [5, 5.41) is 2.75. The number of ether oxygens (including phenoxy) is 2. The minimum absolute atomic E-state index is 0.0536. The van der Waals surface area contributed by atoms with Crippen molar-refractivity contribution in [3.8, 4) is 5.75 Å². The van der Waals surface area contributed by atoms with Gasteiger partial charge in [-0.15, -0.1) is 0 Å². The van der Waals surface area contributed by atoms with Gasteiger partial charge in [-0.05, 0) is 54.1 Å². The second-order valence-corrected chi connectivity index (χ2v) is 8.58. The highest BCUT2D eigenvalue weighted by Crippen LogP contribution is 2.20. The number of carbonyl (C=O) groups excluding carboxylic acids is 1. The molecule has 32 heavy (non-hydrogen) atoms. The van der Waals surface area contributed by atoms with Gasteiger partial charge in [-0.25, -0.2) is 17.5 Å². The molecule has 3 aromatic rings. The maximum atomic E-state index is 13.3. The first-order valence-corrected chi connectivity index (χ1v) is 11.2. The molecular weight excluding hydrogens is 435 g/mol. The van der Waals surface area contributed by atoms with Crippen molar-refractivity contribution < 1.29 is 27.1 Å². The molecule has 0 aliphatic heterocycles. The average molecular weight is 459 g/mol. The van der Waals surface area contributed by atoms with Gasteiger partial charge in [0.05, 0.1) is 11.5 Å². The zero-order valence-electron chi connectivity index (χ0n) is 17.4. The number of hydrogen-bond donors (Lipinski definition) is 2. The van der Waals surface area contributed by atoms with E-state index in [9.17, 15) is 17.6 Å². The quantitative estimate of drug-likeness (QED) is 0.453. The van der Waals surface area contributed by atoms with E-state index in [1.807, 2.05) is 0 Å². The van der Waals surface area contributed by atoms with Crippen LogP contribution in [0, 0.1) is 5.82 Å². The van der Waals surface area contributed by atoms with Crippen LogP contribution in [0.4, 0.5) is 10.1 Å². The first-order chi connectivity index (χ1) is 15.4. The standard InChI is InChI=1S/C23H23FN2O5S/c1-30-13-12-25-32(28,29)22-10-8-18(9-11-22)23(27)26-20-6-3-7-21(15-20)31-16-17-4-2-5-19(24)14-17/h2-11,14-15,25H,12-13,16H2,1H3,(H,26,27). The van der Waals surface area contributed by atoms with Gasteiger partial charge < -0.3 is 14.8 Å². The highest BCUT2D eigenvalue weighted by Gasteiger charge is 2.14. The van der Waals surface area contributed by atoms with Crippen LogP contribution in [0.15, 0.2) is 77.7 Å². The summed E-state index contributed by atoms with van der Waals surface area (Å²) in [6.07, 6.45) is 0. The van der Waals surface area contributed by atoms with Crippen LogP contribution in [0.25, 0.3) is 0 Å². The van der Waals surface area contributed by atoms with Gasteiger partial charge in [-0.3, -0.25) is 4.79 Å². The van der Waals surface area contributed by atoms with E-state index in [4.69, 9.17) is 9.47 Å². The largest absolute Gasteiger partial charge is 0.489 e. The van der Waals surface area contributed by atoms with Crippen LogP contribution in [-0.2, 0) is 21.4 Å². The number of amides is 1. The van der Waals surface area contributed by atoms with Crippen LogP contribution in [0.1, 0.15) is 15.9 Å². The molecule has 0 saturated heterocycles. The number of sulfonamides is 1. The van der Waals surface area contributed by atoms with E-state index in [0.717, 1.165) is 0 Å². The highest BCUT2D eigenvalue weighted by atomic mass is 32.2. The fourth-order valence-corrected chi connectivity index (χ4v) is 3.82. The van der Waals surface area contributed by atoms with E-state index in [1.165, 1.54) is 43.5 Å². The molecule has 0 aliphatic rings. The monoisotopic (exact) mass is 458 g/mol. The Bertz CT molecular complexity index is 1170. The number of benzene rings is 3. The Kier molecular flexibility index (Phi) is 7.93. The van der Waals surface area contributed by atoms with Gasteiger partial charge in [-0.1, -0.05) is 18.2 Å². The Morgan fingerprint density at radius 2 is 1.75 bits per heavy atom. The van der Waals surface area contributed by atoms with Gasteiger partial charge in [-0.2, -0.15) is 0 Å². The Balaban J connectivity index is 1.61. The molecule has 0 fully saturated rings. The first-order valence-electron chi connectivity index (χ1n) is 9.75. The van der Waals surface area contributed by atoms with Crippen LogP contribution in [0.5, 0.6) is 5.75 Å². The zero-order valence-corrected chi connectivity index (χ0v) is 18.2. The van der Waals surface area contributed by atoms with Gasteiger partial charge in [0.15, 0.2) is 0 Å². The predicted molar refractivity (Wildman–Crippen MR) is 119 cm³/mol. The number of hydrogen-bond acceptors (Lipinski definition) is 5. The lowest BCUT2D eigenvalue weighted by molar-refractivity contribution is 0.102. The van der Waals surface area contributed by atoms with E-state index in [-0.39, 0.29) is 30.5 Å². The maximum Gasteiger partial charge on any atom is 0.255 e. The van der Waals surface area contributed by atoms with Gasteiger partial charge >= 0.3 is 0 Å². The van der Waals surface area contributed by atoms with E-state index in [2.05, 4.69) is 10.0 Å². The summed E-state index contributed by atoms with van der Waals surface area (Å²) in [7, 11) is -2.19. The third kappa shape index (κ3) is 6.61. The van der Waals surface area contributed by atoms with Gasteiger partial charge in [0.2, 0.25) is 10.0 Å². The lowest BCUT2D eigenvalue weighted by Crippen LogP contribution is -2.27. The van der Waals surface area contributed by atoms with Crippen molar-refractivity contribution in [3.63, 3.8) is 0 Å². The second kappa shape index (κ2) is 10.9. The van der Waals surface area contributed by atoms with Crippen molar-refractivity contribution >= 4 is 21.6 Å². The van der Waals surface area contributed by atoms with Crippen molar-refractivity contribution in [3.05, 3.63) is 89.7 Å². The molecule has 7 nitrogen and oxygen atoms in total. The molecule has 2 N–H and O–H groups in total. The SMILES string of the molecule is COCCNS(=O)(=O)c1ccc(C(=O)Nc2cccc(OCc3cccc(F)c3)c2)cc1. The molecule has 0 bridgehead atoms. The summed E-state index contributed by atoms with van der Waals surface area (Å²) in [4.78, 5) is 12.6. The van der Waals surface area contributed by atoms with Crippen LogP contribution >= 0.6 is 0 Å². The number of carbonyl (C=O) groups is 1. The molecule has 9 heteroatoms. The molecule has 1 amide bonds. The maximum absolute atomic E-state index is 13.3. The molecule has 3 aromatic carbocycles. The van der Waals surface area contributed by atoms with Gasteiger partial charge in [0.1, 0.15) is 18.2 Å². The Morgan fingerprint density at radius 1 is 1.00 bits per heavy atom. The molecule has 0 aliphatic carbocycles. The van der Waals surface area contributed by atoms with Crippen molar-refractivity contribution in [1.82, 2.24) is 4.72 Å². The second-order valence-electron chi connectivity index (χ2n) is 6.82. The number of rotatable bonds is 10. The Morgan fingerprint density at radius 3 is 2.47 bits per heavy atom. The third-order valence-corrected chi connectivity index (χ3v) is 5.89. The average Bonchev–Trinajstić information content (AvgIpc) is 2.78. The molecule has 0 saturated carbocycles. The predicted octanol–water partition coefficient (Wildman–Crippen LogP) is 3.58. The van der Waals surface area contributed by atoms with Gasteiger partial charge in [0.25, 0.3) is 5.91 Å². The Labute approximate surface area is 186 Å². The van der Waals surface area contributed by atoms with Crippen molar-refractivity contribution in [2.24, 2.45) is 0 Å². The van der Waals surface area contributed by atoms with E-state index in [1.54, 1.807) is 36.4 Å². The van der Waals surface area contributed by atoms with Gasteiger partial charge in [0, 0.05) is 31.0 Å². The summed E-state index contributed by atoms with van der Waals surface area (Å²) < 4.78 is 50.6. The van der Waals surface area contributed by atoms with Crippen molar-refractivity contribution in [1.29, 1.82) is 0 Å². The van der Waals surface area contributed by atoms with Crippen LogP contribution in [-0.4, -0.2) is 34.6 Å². The summed E-state index contributed by atoms with van der Waals surface area (Å²) >= 11 is 0. The Hall–Kier alpha value is -3.27. The molecule has 0 aromatic heterocycles. The normalized spacial score (nSPS) is 11.2. The summed E-state index contributed by atoms with van der Waals surface area (Å²) in [5.74, 6) is -0.226. The first kappa shape index (κ1) is 23.4. The fraction of sp³-hybridized carbons (Fsp3) is 0.174.